The molecule has 0 aliphatic carbocycles. The van der Waals surface area contributed by atoms with Gasteiger partial charge >= 0.3 is 0 Å². The Labute approximate surface area is 145 Å². The fourth-order valence-electron chi connectivity index (χ4n) is 3.08. The number of hydrogen-bond acceptors (Lipinski definition) is 3. The van der Waals surface area contributed by atoms with E-state index in [1.807, 2.05) is 0 Å². The lowest BCUT2D eigenvalue weighted by Gasteiger charge is -2.32. The number of hydrogen-bond donors (Lipinski definition) is 1. The fraction of sp³-hybridized carbons (Fsp3) is 0.368. The highest BCUT2D eigenvalue weighted by molar-refractivity contribution is 5.91. The van der Waals surface area contributed by atoms with Crippen LogP contribution in [0.1, 0.15) is 35.4 Å². The summed E-state index contributed by atoms with van der Waals surface area (Å²) in [6.07, 6.45) is 3.71. The maximum atomic E-state index is 13.6. The second-order valence-corrected chi connectivity index (χ2v) is 6.23. The molecular formula is C19H21FN2O3. The first kappa shape index (κ1) is 17.2. The zero-order chi connectivity index (χ0) is 17.6. The first-order chi connectivity index (χ1) is 12.1. The van der Waals surface area contributed by atoms with E-state index in [1.165, 1.54) is 12.3 Å². The van der Waals surface area contributed by atoms with E-state index in [4.69, 9.17) is 4.42 Å². The van der Waals surface area contributed by atoms with Crippen LogP contribution in [0.15, 0.2) is 47.1 Å². The van der Waals surface area contributed by atoms with Crippen molar-refractivity contribution in [3.8, 4) is 0 Å². The summed E-state index contributed by atoms with van der Waals surface area (Å²) >= 11 is 0. The first-order valence-electron chi connectivity index (χ1n) is 8.49. The van der Waals surface area contributed by atoms with E-state index in [2.05, 4.69) is 5.32 Å². The molecule has 1 saturated heterocycles. The summed E-state index contributed by atoms with van der Waals surface area (Å²) in [7, 11) is 0. The number of nitrogens with one attached hydrogen (secondary N) is 1. The molecule has 0 radical (unpaired) electrons. The van der Waals surface area contributed by atoms with Gasteiger partial charge in [0.05, 0.1) is 6.26 Å². The highest BCUT2D eigenvalue weighted by Crippen LogP contribution is 2.15. The molecule has 2 heterocycles. The summed E-state index contributed by atoms with van der Waals surface area (Å²) in [5, 5.41) is 2.95. The van der Waals surface area contributed by atoms with Gasteiger partial charge in [0, 0.05) is 25.6 Å². The second kappa shape index (κ2) is 7.96. The number of amides is 2. The van der Waals surface area contributed by atoms with E-state index >= 15 is 0 Å². The predicted octanol–water partition coefficient (Wildman–Crippen LogP) is 2.77. The Balaban J connectivity index is 1.49. The maximum absolute atomic E-state index is 13.6. The average Bonchev–Trinajstić information content (AvgIpc) is 3.15. The van der Waals surface area contributed by atoms with E-state index in [-0.39, 0.29) is 30.1 Å². The number of furan rings is 1. The largest absolute Gasteiger partial charge is 0.459 e. The number of rotatable bonds is 5. The number of carbonyl (C=O) groups is 2. The van der Waals surface area contributed by atoms with Crippen LogP contribution >= 0.6 is 0 Å². The molecule has 6 heteroatoms. The van der Waals surface area contributed by atoms with Gasteiger partial charge in [0.1, 0.15) is 5.82 Å². The molecule has 1 atom stereocenters. The zero-order valence-corrected chi connectivity index (χ0v) is 13.9. The van der Waals surface area contributed by atoms with Gasteiger partial charge < -0.3 is 14.6 Å². The van der Waals surface area contributed by atoms with E-state index in [0.29, 0.717) is 30.8 Å². The lowest BCUT2D eigenvalue weighted by Crippen LogP contribution is -2.49. The van der Waals surface area contributed by atoms with E-state index in [0.717, 1.165) is 12.8 Å². The highest BCUT2D eigenvalue weighted by Gasteiger charge is 2.26. The molecule has 132 valence electrons. The number of carbonyl (C=O) groups excluding carboxylic acids is 2. The third-order valence-corrected chi connectivity index (χ3v) is 4.38. The molecule has 1 aromatic heterocycles. The molecule has 1 N–H and O–H groups in total. The molecule has 1 aliphatic rings. The number of piperidine rings is 1. The van der Waals surface area contributed by atoms with Gasteiger partial charge in [0.15, 0.2) is 5.76 Å². The van der Waals surface area contributed by atoms with Gasteiger partial charge in [-0.1, -0.05) is 18.2 Å². The Hall–Kier alpha value is -2.63. The zero-order valence-electron chi connectivity index (χ0n) is 13.9. The summed E-state index contributed by atoms with van der Waals surface area (Å²) in [4.78, 5) is 26.2. The van der Waals surface area contributed by atoms with E-state index < -0.39 is 0 Å². The molecule has 3 rings (SSSR count). The molecule has 25 heavy (non-hydrogen) atoms. The molecule has 1 aliphatic heterocycles. The molecule has 1 unspecified atom stereocenters. The Morgan fingerprint density at radius 2 is 2.08 bits per heavy atom. The third-order valence-electron chi connectivity index (χ3n) is 4.38. The van der Waals surface area contributed by atoms with Gasteiger partial charge in [-0.2, -0.15) is 0 Å². The van der Waals surface area contributed by atoms with Gasteiger partial charge in [-0.3, -0.25) is 9.59 Å². The minimum atomic E-state index is -0.289. The van der Waals surface area contributed by atoms with Gasteiger partial charge in [0.25, 0.3) is 5.91 Å². The molecule has 2 amide bonds. The summed E-state index contributed by atoms with van der Waals surface area (Å²) < 4.78 is 18.7. The van der Waals surface area contributed by atoms with Crippen molar-refractivity contribution < 1.29 is 18.4 Å². The number of halogens is 1. The van der Waals surface area contributed by atoms with Crippen molar-refractivity contribution in [2.75, 3.05) is 13.1 Å². The number of likely N-dealkylation sites (tertiary alicyclic amines) is 1. The lowest BCUT2D eigenvalue weighted by molar-refractivity contribution is -0.122. The van der Waals surface area contributed by atoms with E-state index in [9.17, 15) is 14.0 Å². The van der Waals surface area contributed by atoms with Crippen LogP contribution in [0.2, 0.25) is 0 Å². The molecular weight excluding hydrogens is 323 g/mol. The molecule has 2 aromatic rings. The fourth-order valence-corrected chi connectivity index (χ4v) is 3.08. The lowest BCUT2D eigenvalue weighted by atomic mass is 10.0. The SMILES string of the molecule is O=C(CCc1ccccc1F)NC1CCCN(C(=O)c2ccco2)C1. The van der Waals surface area contributed by atoms with Crippen LogP contribution < -0.4 is 5.32 Å². The molecule has 0 spiro atoms. The van der Waals surface area contributed by atoms with Gasteiger partial charge in [-0.25, -0.2) is 4.39 Å². The quantitative estimate of drug-likeness (QED) is 0.907. The van der Waals surface area contributed by atoms with Crippen LogP contribution in [-0.2, 0) is 11.2 Å². The topological polar surface area (TPSA) is 62.6 Å². The van der Waals surface area contributed by atoms with Gasteiger partial charge in [-0.05, 0) is 43.0 Å². The van der Waals surface area contributed by atoms with Crippen LogP contribution in [0, 0.1) is 5.82 Å². The van der Waals surface area contributed by atoms with Crippen molar-refractivity contribution in [2.45, 2.75) is 31.7 Å². The molecule has 1 fully saturated rings. The van der Waals surface area contributed by atoms with Crippen molar-refractivity contribution in [1.29, 1.82) is 0 Å². The van der Waals surface area contributed by atoms with Crippen molar-refractivity contribution >= 4 is 11.8 Å². The van der Waals surface area contributed by atoms with Crippen LogP contribution in [0.4, 0.5) is 4.39 Å². The second-order valence-electron chi connectivity index (χ2n) is 6.23. The molecule has 1 aromatic carbocycles. The third kappa shape index (κ3) is 4.47. The standard InChI is InChI=1S/C19H21FN2O3/c20-16-7-2-1-5-14(16)9-10-18(23)21-15-6-3-11-22(13-15)19(24)17-8-4-12-25-17/h1-2,4-5,7-8,12,15H,3,6,9-11,13H2,(H,21,23). The summed E-state index contributed by atoms with van der Waals surface area (Å²) in [5.74, 6) is -0.259. The van der Waals surface area contributed by atoms with Crippen molar-refractivity contribution in [3.05, 3.63) is 59.8 Å². The Kier molecular flexibility index (Phi) is 5.48. The van der Waals surface area contributed by atoms with Crippen molar-refractivity contribution in [1.82, 2.24) is 10.2 Å². The monoisotopic (exact) mass is 344 g/mol. The Morgan fingerprint density at radius 1 is 1.24 bits per heavy atom. The number of benzene rings is 1. The maximum Gasteiger partial charge on any atom is 0.289 e. The van der Waals surface area contributed by atoms with Crippen molar-refractivity contribution in [3.63, 3.8) is 0 Å². The minimum Gasteiger partial charge on any atom is -0.459 e. The molecule has 0 saturated carbocycles. The summed E-state index contributed by atoms with van der Waals surface area (Å²) in [6.45, 7) is 1.12. The van der Waals surface area contributed by atoms with Gasteiger partial charge in [-0.15, -0.1) is 0 Å². The number of nitrogens with zero attached hydrogens (tertiary/aromatic N) is 1. The predicted molar refractivity (Wildman–Crippen MR) is 90.5 cm³/mol. The minimum absolute atomic E-state index is 0.0826. The van der Waals surface area contributed by atoms with Crippen molar-refractivity contribution in [2.24, 2.45) is 0 Å². The van der Waals surface area contributed by atoms with Crippen LogP contribution in [0.3, 0.4) is 0 Å². The normalized spacial score (nSPS) is 17.3. The summed E-state index contributed by atoms with van der Waals surface area (Å²) in [5.41, 5.74) is 0.538. The Bertz CT molecular complexity index is 730. The Morgan fingerprint density at radius 3 is 2.84 bits per heavy atom. The van der Waals surface area contributed by atoms with Crippen LogP contribution in [-0.4, -0.2) is 35.8 Å². The van der Waals surface area contributed by atoms with E-state index in [1.54, 1.807) is 35.2 Å². The molecule has 5 nitrogen and oxygen atoms in total. The highest BCUT2D eigenvalue weighted by atomic mass is 19.1. The summed E-state index contributed by atoms with van der Waals surface area (Å²) in [6, 6.07) is 9.71. The smallest absolute Gasteiger partial charge is 0.289 e. The van der Waals surface area contributed by atoms with Crippen LogP contribution in [0.25, 0.3) is 0 Å². The first-order valence-corrected chi connectivity index (χ1v) is 8.49. The molecule has 0 bridgehead atoms. The van der Waals surface area contributed by atoms with Gasteiger partial charge in [0.2, 0.25) is 5.91 Å². The number of aryl methyl sites for hydroxylation is 1. The van der Waals surface area contributed by atoms with Crippen LogP contribution in [0.5, 0.6) is 0 Å². The average molecular weight is 344 g/mol.